The highest BCUT2D eigenvalue weighted by Gasteiger charge is 2.35. The lowest BCUT2D eigenvalue weighted by Crippen LogP contribution is -2.16. The Morgan fingerprint density at radius 3 is 1.75 bits per heavy atom. The Balaban J connectivity index is 0.922. The quantitative estimate of drug-likeness (QED) is 0.156. The summed E-state index contributed by atoms with van der Waals surface area (Å²) in [5, 5.41) is 4.95. The summed E-state index contributed by atoms with van der Waals surface area (Å²) in [5.41, 5.74) is 19.5. The van der Waals surface area contributed by atoms with Gasteiger partial charge in [0.25, 0.3) is 0 Å². The normalized spacial score (nSPS) is 12.7. The minimum absolute atomic E-state index is 0.101. The number of hydrogen-bond donors (Lipinski definition) is 0. The molecule has 0 atom stereocenters. The molecule has 0 spiro atoms. The first-order chi connectivity index (χ1) is 31.0. The fourth-order valence-electron chi connectivity index (χ4n) is 10.2. The zero-order chi connectivity index (χ0) is 42.1. The van der Waals surface area contributed by atoms with Gasteiger partial charge in [-0.3, -0.25) is 0 Å². The molecule has 298 valence electrons. The molecule has 0 amide bonds. The third-order valence-electron chi connectivity index (χ3n) is 13.4. The summed E-state index contributed by atoms with van der Waals surface area (Å²) in [7, 11) is 0. The second-order valence-corrected chi connectivity index (χ2v) is 17.4. The number of benzene rings is 10. The molecule has 0 fully saturated rings. The smallest absolute Gasteiger partial charge is 0.0547 e. The molecule has 0 N–H and O–H groups in total. The standard InChI is InChI=1S/C61H44N2/c1-61(2)56-23-10-8-21-52(56)53-37-35-50(40-57(53)61)62(58-25-13-17-44-16-6-7-20-51(44)58)48-31-28-43(29-32-48)45-18-12-19-46(38-45)47-30-36-55-54-22-9-11-24-59(54)63(60(55)39-47)49-33-26-42(27-34-49)41-14-4-3-5-15-41/h3-40H,1-2H3. The molecule has 1 aromatic heterocycles. The third kappa shape index (κ3) is 6.09. The van der Waals surface area contributed by atoms with E-state index in [1.807, 2.05) is 0 Å². The van der Waals surface area contributed by atoms with Gasteiger partial charge in [-0.25, -0.2) is 0 Å². The molecular formula is C61H44N2. The molecule has 1 heterocycles. The van der Waals surface area contributed by atoms with E-state index in [4.69, 9.17) is 0 Å². The maximum Gasteiger partial charge on any atom is 0.0547 e. The van der Waals surface area contributed by atoms with Crippen molar-refractivity contribution in [3.05, 3.63) is 242 Å². The Hall–Kier alpha value is -7.94. The second kappa shape index (κ2) is 14.6. The molecule has 1 aliphatic carbocycles. The van der Waals surface area contributed by atoms with Gasteiger partial charge in [-0.2, -0.15) is 0 Å². The fourth-order valence-corrected chi connectivity index (χ4v) is 10.2. The first kappa shape index (κ1) is 36.9. The van der Waals surface area contributed by atoms with Gasteiger partial charge in [-0.1, -0.05) is 184 Å². The Kier molecular flexibility index (Phi) is 8.55. The number of aromatic nitrogens is 1. The lowest BCUT2D eigenvalue weighted by molar-refractivity contribution is 0.660. The van der Waals surface area contributed by atoms with Gasteiger partial charge in [0.05, 0.1) is 16.7 Å². The van der Waals surface area contributed by atoms with Crippen LogP contribution in [0.5, 0.6) is 0 Å². The number of fused-ring (bicyclic) bond motifs is 7. The van der Waals surface area contributed by atoms with Crippen LogP contribution in [0.1, 0.15) is 25.0 Å². The molecule has 0 unspecified atom stereocenters. The number of rotatable bonds is 7. The summed E-state index contributed by atoms with van der Waals surface area (Å²) in [6.07, 6.45) is 0. The highest BCUT2D eigenvalue weighted by molar-refractivity contribution is 6.10. The van der Waals surface area contributed by atoms with E-state index in [2.05, 4.69) is 254 Å². The summed E-state index contributed by atoms with van der Waals surface area (Å²) in [6.45, 7) is 4.71. The highest BCUT2D eigenvalue weighted by Crippen LogP contribution is 2.51. The Morgan fingerprint density at radius 1 is 0.349 bits per heavy atom. The number of anilines is 3. The van der Waals surface area contributed by atoms with Crippen LogP contribution in [0.4, 0.5) is 17.1 Å². The lowest BCUT2D eigenvalue weighted by atomic mass is 9.82. The van der Waals surface area contributed by atoms with Crippen molar-refractivity contribution < 1.29 is 0 Å². The van der Waals surface area contributed by atoms with Crippen molar-refractivity contribution in [2.45, 2.75) is 19.3 Å². The van der Waals surface area contributed by atoms with Crippen LogP contribution in [0.25, 0.3) is 82.8 Å². The molecule has 63 heavy (non-hydrogen) atoms. The Morgan fingerprint density at radius 2 is 0.905 bits per heavy atom. The van der Waals surface area contributed by atoms with Crippen LogP contribution in [0, 0.1) is 0 Å². The molecule has 0 saturated carbocycles. The maximum absolute atomic E-state index is 2.44. The minimum atomic E-state index is -0.101. The largest absolute Gasteiger partial charge is 0.310 e. The summed E-state index contributed by atoms with van der Waals surface area (Å²) < 4.78 is 2.41. The number of para-hydroxylation sites is 1. The SMILES string of the molecule is CC1(C)c2ccccc2-c2ccc(N(c3ccc(-c4cccc(-c5ccc6c7ccccc7n(-c7ccc(-c8ccccc8)cc7)c6c5)c4)cc3)c3cccc4ccccc34)cc21. The molecule has 11 aromatic rings. The van der Waals surface area contributed by atoms with Gasteiger partial charge < -0.3 is 9.47 Å². The van der Waals surface area contributed by atoms with Crippen molar-refractivity contribution in [3.8, 4) is 50.2 Å². The van der Waals surface area contributed by atoms with Crippen LogP contribution in [-0.2, 0) is 5.41 Å². The monoisotopic (exact) mass is 804 g/mol. The summed E-state index contributed by atoms with van der Waals surface area (Å²) >= 11 is 0. The van der Waals surface area contributed by atoms with Crippen LogP contribution >= 0.6 is 0 Å². The van der Waals surface area contributed by atoms with Crippen LogP contribution in [0.2, 0.25) is 0 Å². The van der Waals surface area contributed by atoms with Crippen LogP contribution < -0.4 is 4.90 Å². The van der Waals surface area contributed by atoms with Gasteiger partial charge in [0.1, 0.15) is 0 Å². The third-order valence-corrected chi connectivity index (χ3v) is 13.4. The molecule has 0 bridgehead atoms. The average molecular weight is 805 g/mol. The van der Waals surface area contributed by atoms with E-state index in [9.17, 15) is 0 Å². The van der Waals surface area contributed by atoms with E-state index in [1.54, 1.807) is 0 Å². The topological polar surface area (TPSA) is 8.17 Å². The predicted molar refractivity (Wildman–Crippen MR) is 267 cm³/mol. The van der Waals surface area contributed by atoms with E-state index in [-0.39, 0.29) is 5.41 Å². The molecule has 2 heteroatoms. The van der Waals surface area contributed by atoms with Gasteiger partial charge in [0, 0.05) is 38.6 Å². The van der Waals surface area contributed by atoms with Gasteiger partial charge in [-0.15, -0.1) is 0 Å². The maximum atomic E-state index is 2.44. The van der Waals surface area contributed by atoms with E-state index in [0.29, 0.717) is 0 Å². The van der Waals surface area contributed by atoms with Crippen molar-refractivity contribution >= 4 is 49.6 Å². The van der Waals surface area contributed by atoms with Crippen LogP contribution in [0.3, 0.4) is 0 Å². The predicted octanol–water partition coefficient (Wildman–Crippen LogP) is 16.7. The number of nitrogens with zero attached hydrogens (tertiary/aromatic N) is 2. The lowest BCUT2D eigenvalue weighted by Gasteiger charge is -2.29. The Labute approximate surface area is 368 Å². The zero-order valence-electron chi connectivity index (χ0n) is 35.3. The van der Waals surface area contributed by atoms with Gasteiger partial charge in [0.15, 0.2) is 0 Å². The molecule has 0 saturated heterocycles. The number of hydrogen-bond acceptors (Lipinski definition) is 1. The molecule has 10 aromatic carbocycles. The van der Waals surface area contributed by atoms with Crippen molar-refractivity contribution in [2.24, 2.45) is 0 Å². The average Bonchev–Trinajstić information content (AvgIpc) is 3.80. The van der Waals surface area contributed by atoms with Crippen LogP contribution in [-0.4, -0.2) is 4.57 Å². The first-order valence-corrected chi connectivity index (χ1v) is 21.9. The second-order valence-electron chi connectivity index (χ2n) is 17.4. The zero-order valence-corrected chi connectivity index (χ0v) is 35.3. The van der Waals surface area contributed by atoms with Crippen molar-refractivity contribution in [2.75, 3.05) is 4.90 Å². The van der Waals surface area contributed by atoms with Crippen molar-refractivity contribution in [1.82, 2.24) is 4.57 Å². The molecule has 1 aliphatic rings. The summed E-state index contributed by atoms with van der Waals surface area (Å²) in [4.78, 5) is 2.44. The molecule has 0 radical (unpaired) electrons. The molecule has 2 nitrogen and oxygen atoms in total. The highest BCUT2D eigenvalue weighted by atomic mass is 15.1. The fraction of sp³-hybridized carbons (Fsp3) is 0.0492. The van der Waals surface area contributed by atoms with Gasteiger partial charge in [0.2, 0.25) is 0 Å². The van der Waals surface area contributed by atoms with E-state index in [1.165, 1.54) is 88.2 Å². The molecule has 12 rings (SSSR count). The molecular weight excluding hydrogens is 761 g/mol. The van der Waals surface area contributed by atoms with E-state index < -0.39 is 0 Å². The van der Waals surface area contributed by atoms with Crippen LogP contribution in [0.15, 0.2) is 231 Å². The summed E-state index contributed by atoms with van der Waals surface area (Å²) in [5.74, 6) is 0. The van der Waals surface area contributed by atoms with Gasteiger partial charge >= 0.3 is 0 Å². The first-order valence-electron chi connectivity index (χ1n) is 21.9. The van der Waals surface area contributed by atoms with Crippen molar-refractivity contribution in [3.63, 3.8) is 0 Å². The van der Waals surface area contributed by atoms with Gasteiger partial charge in [-0.05, 0) is 122 Å². The summed E-state index contributed by atoms with van der Waals surface area (Å²) in [6, 6.07) is 84.6. The van der Waals surface area contributed by atoms with E-state index >= 15 is 0 Å². The Bertz CT molecular complexity index is 3510. The van der Waals surface area contributed by atoms with E-state index in [0.717, 1.165) is 22.7 Å². The molecule has 0 aliphatic heterocycles. The minimum Gasteiger partial charge on any atom is -0.310 e. The van der Waals surface area contributed by atoms with Crippen molar-refractivity contribution in [1.29, 1.82) is 0 Å².